The number of nitrogens with zero attached hydrogens (tertiary/aromatic N) is 4. The first kappa shape index (κ1) is 31.9. The number of nitrogens with one attached hydrogen (secondary N) is 1. The van der Waals surface area contributed by atoms with E-state index >= 15 is 0 Å². The highest BCUT2D eigenvalue weighted by molar-refractivity contribution is 6.35. The minimum atomic E-state index is -0.437. The van der Waals surface area contributed by atoms with Crippen LogP contribution in [-0.4, -0.2) is 105 Å². The number of rotatable bonds is 5. The van der Waals surface area contributed by atoms with Crippen molar-refractivity contribution in [3.05, 3.63) is 46.6 Å². The average Bonchev–Trinajstić information content (AvgIpc) is 3.31. The van der Waals surface area contributed by atoms with Gasteiger partial charge >= 0.3 is 5.97 Å². The van der Waals surface area contributed by atoms with Gasteiger partial charge in [0.15, 0.2) is 11.5 Å². The summed E-state index contributed by atoms with van der Waals surface area (Å²) in [5, 5.41) is 9.02. The van der Waals surface area contributed by atoms with Gasteiger partial charge in [0.1, 0.15) is 6.10 Å². The van der Waals surface area contributed by atoms with Crippen LogP contribution < -0.4 is 19.5 Å². The van der Waals surface area contributed by atoms with E-state index < -0.39 is 5.97 Å². The van der Waals surface area contributed by atoms with Gasteiger partial charge in [0, 0.05) is 49.9 Å². The van der Waals surface area contributed by atoms with Gasteiger partial charge in [-0.05, 0) is 76.0 Å². The fourth-order valence-corrected chi connectivity index (χ4v) is 6.21. The van der Waals surface area contributed by atoms with Gasteiger partial charge < -0.3 is 34.1 Å². The van der Waals surface area contributed by atoms with E-state index in [9.17, 15) is 9.59 Å². The maximum atomic E-state index is 13.4. The summed E-state index contributed by atoms with van der Waals surface area (Å²) >= 11 is 6.56. The van der Waals surface area contributed by atoms with Gasteiger partial charge in [0.2, 0.25) is 5.75 Å². The molecule has 44 heavy (non-hydrogen) atoms. The molecule has 11 nitrogen and oxygen atoms in total. The van der Waals surface area contributed by atoms with Crippen molar-refractivity contribution in [3.63, 3.8) is 0 Å². The number of amides is 1. The number of halogens is 1. The summed E-state index contributed by atoms with van der Waals surface area (Å²) in [6.07, 6.45) is 5.67. The lowest BCUT2D eigenvalue weighted by Crippen LogP contribution is -2.34. The highest BCUT2D eigenvalue weighted by atomic mass is 35.5. The van der Waals surface area contributed by atoms with Crippen molar-refractivity contribution in [1.29, 1.82) is 0 Å². The molecule has 2 aliphatic rings. The van der Waals surface area contributed by atoms with Crippen LogP contribution in [0, 0.1) is 0 Å². The van der Waals surface area contributed by atoms with Gasteiger partial charge in [-0.25, -0.2) is 4.79 Å². The Labute approximate surface area is 263 Å². The molecule has 0 aliphatic carbocycles. The first-order chi connectivity index (χ1) is 21.4. The molecular weight excluding hydrogens is 586 g/mol. The Morgan fingerprint density at radius 1 is 0.864 bits per heavy atom. The number of carbonyl (C=O) groups is 2. The lowest BCUT2D eigenvalue weighted by molar-refractivity contribution is 0.0227. The van der Waals surface area contributed by atoms with Crippen molar-refractivity contribution in [1.82, 2.24) is 24.9 Å². The molecule has 2 aromatic carbocycles. The zero-order valence-corrected chi connectivity index (χ0v) is 26.5. The first-order valence-electron chi connectivity index (χ1n) is 15.3. The van der Waals surface area contributed by atoms with E-state index in [1.54, 1.807) is 24.3 Å². The van der Waals surface area contributed by atoms with Crippen molar-refractivity contribution in [2.24, 2.45) is 0 Å². The second-order valence-corrected chi connectivity index (χ2v) is 11.7. The second kappa shape index (κ2) is 15.0. The van der Waals surface area contributed by atoms with Crippen LogP contribution in [0.5, 0.6) is 17.2 Å². The van der Waals surface area contributed by atoms with Crippen LogP contribution in [0.2, 0.25) is 5.02 Å². The number of aromatic nitrogens is 2. The van der Waals surface area contributed by atoms with Crippen LogP contribution in [0.1, 0.15) is 52.8 Å². The molecule has 2 aliphatic heterocycles. The van der Waals surface area contributed by atoms with E-state index in [-0.39, 0.29) is 12.0 Å². The topological polar surface area (TPSA) is 107 Å². The fourth-order valence-electron chi connectivity index (χ4n) is 5.94. The Morgan fingerprint density at radius 2 is 1.57 bits per heavy atom. The lowest BCUT2D eigenvalue weighted by atomic mass is 10.1. The normalized spacial score (nSPS) is 21.9. The zero-order valence-electron chi connectivity index (χ0n) is 25.8. The van der Waals surface area contributed by atoms with Gasteiger partial charge in [-0.15, -0.1) is 0 Å². The summed E-state index contributed by atoms with van der Waals surface area (Å²) in [7, 11) is 4.56. The number of carbonyl (C=O) groups excluding carboxylic acids is 2. The molecule has 1 fully saturated rings. The molecule has 2 unspecified atom stereocenters. The molecule has 3 atom stereocenters. The third kappa shape index (κ3) is 7.75. The molecule has 12 heteroatoms. The highest BCUT2D eigenvalue weighted by Gasteiger charge is 2.23. The van der Waals surface area contributed by atoms with E-state index in [2.05, 4.69) is 15.1 Å². The molecule has 0 saturated carbocycles. The van der Waals surface area contributed by atoms with Crippen LogP contribution >= 0.6 is 11.6 Å². The summed E-state index contributed by atoms with van der Waals surface area (Å²) in [6, 6.07) is 6.73. The summed E-state index contributed by atoms with van der Waals surface area (Å²) in [5.74, 6) is 0.636. The number of hydrogen-bond donors (Lipinski definition) is 1. The molecular formula is C32H42ClN5O6. The summed E-state index contributed by atoms with van der Waals surface area (Å²) in [5.41, 5.74) is 1.52. The number of hydrogen-bond acceptors (Lipinski definition) is 9. The molecule has 5 rings (SSSR count). The van der Waals surface area contributed by atoms with E-state index in [1.807, 2.05) is 10.9 Å². The third-order valence-electron chi connectivity index (χ3n) is 8.36. The maximum absolute atomic E-state index is 13.4. The van der Waals surface area contributed by atoms with Gasteiger partial charge in [0.05, 0.1) is 37.4 Å². The number of ether oxygens (including phenoxy) is 4. The molecule has 1 N–H and O–H groups in total. The molecule has 1 aromatic heterocycles. The number of methoxy groups -OCH3 is 3. The molecule has 238 valence electrons. The van der Waals surface area contributed by atoms with Crippen LogP contribution in [0.25, 0.3) is 10.9 Å². The summed E-state index contributed by atoms with van der Waals surface area (Å²) in [4.78, 5) is 31.2. The fraction of sp³-hybridized carbons (Fsp3) is 0.531. The maximum Gasteiger partial charge on any atom is 0.338 e. The molecule has 0 spiro atoms. The van der Waals surface area contributed by atoms with E-state index in [1.165, 1.54) is 21.3 Å². The summed E-state index contributed by atoms with van der Waals surface area (Å²) < 4.78 is 24.3. The zero-order chi connectivity index (χ0) is 31.1. The smallest absolute Gasteiger partial charge is 0.338 e. The van der Waals surface area contributed by atoms with Crippen molar-refractivity contribution >= 4 is 34.4 Å². The van der Waals surface area contributed by atoms with Gasteiger partial charge in [-0.2, -0.15) is 5.10 Å². The van der Waals surface area contributed by atoms with Gasteiger partial charge in [0.25, 0.3) is 5.91 Å². The van der Waals surface area contributed by atoms with Gasteiger partial charge in [-0.1, -0.05) is 11.6 Å². The molecule has 3 heterocycles. The average molecular weight is 628 g/mol. The van der Waals surface area contributed by atoms with Crippen LogP contribution in [-0.2, 0) is 11.3 Å². The van der Waals surface area contributed by atoms with Crippen LogP contribution in [0.3, 0.4) is 0 Å². The molecule has 1 saturated heterocycles. The summed E-state index contributed by atoms with van der Waals surface area (Å²) in [6.45, 7) is 6.92. The third-order valence-corrected chi connectivity index (χ3v) is 8.67. The van der Waals surface area contributed by atoms with Crippen molar-refractivity contribution in [2.45, 2.75) is 44.8 Å². The number of aryl methyl sites for hydroxylation is 1. The van der Waals surface area contributed by atoms with E-state index in [4.69, 9.17) is 35.6 Å². The minimum absolute atomic E-state index is 0.142. The molecule has 3 aromatic rings. The predicted molar refractivity (Wildman–Crippen MR) is 168 cm³/mol. The SMILES string of the molecule is COc1cc(C(=O)O[C@@H]2CCCn3cc4c(Cl)cc(cc4n3)C(=O)NCCCN3CCCN(CC2)CC3)cc(OC)c1OC. The number of benzene rings is 2. The Hall–Kier alpha value is -3.54. The Bertz CT molecular complexity index is 1440. The number of esters is 1. The van der Waals surface area contributed by atoms with Crippen molar-refractivity contribution in [2.75, 3.05) is 67.1 Å². The van der Waals surface area contributed by atoms with Crippen molar-refractivity contribution < 1.29 is 28.5 Å². The molecule has 5 bridgehead atoms. The van der Waals surface area contributed by atoms with Crippen LogP contribution in [0.15, 0.2) is 30.5 Å². The monoisotopic (exact) mass is 627 g/mol. The van der Waals surface area contributed by atoms with Crippen molar-refractivity contribution in [3.8, 4) is 17.2 Å². The standard InChI is InChI=1S/C32H42ClN5O6/c1-41-28-19-23(20-29(42-2)30(28)43-3)32(40)44-24-7-4-13-38-21-25-26(33)17-22(18-27(25)35-38)31(39)34-9-5-10-36-11-6-12-37(14-8-24)16-15-36/h17-21,24H,4-16H2,1-3H3,(H,34,39)/t24-/m1/s1. The predicted octanol–water partition coefficient (Wildman–Crippen LogP) is 4.25. The quantitative estimate of drug-likeness (QED) is 0.415. The van der Waals surface area contributed by atoms with E-state index in [0.29, 0.717) is 58.4 Å². The second-order valence-electron chi connectivity index (χ2n) is 11.3. The molecule has 0 radical (unpaired) electrons. The number of fused-ring (bicyclic) bond motifs is 5. The largest absolute Gasteiger partial charge is 0.493 e. The Morgan fingerprint density at radius 3 is 2.27 bits per heavy atom. The van der Waals surface area contributed by atoms with E-state index in [0.717, 1.165) is 70.3 Å². The van der Waals surface area contributed by atoms with Gasteiger partial charge in [-0.3, -0.25) is 9.48 Å². The highest BCUT2D eigenvalue weighted by Crippen LogP contribution is 2.38. The lowest BCUT2D eigenvalue weighted by Gasteiger charge is -2.25. The molecule has 1 amide bonds. The van der Waals surface area contributed by atoms with Crippen LogP contribution in [0.4, 0.5) is 0 Å². The Balaban J connectivity index is 1.36. The Kier molecular flexibility index (Phi) is 10.8. The minimum Gasteiger partial charge on any atom is -0.493 e. The first-order valence-corrected chi connectivity index (χ1v) is 15.7.